The highest BCUT2D eigenvalue weighted by Gasteiger charge is 2.18. The van der Waals surface area contributed by atoms with Gasteiger partial charge in [0.2, 0.25) is 5.82 Å². The number of ether oxygens (including phenoxy) is 1. The Labute approximate surface area is 103 Å². The molecule has 0 aromatic heterocycles. The van der Waals surface area contributed by atoms with E-state index in [9.17, 15) is 14.5 Å². The lowest BCUT2D eigenvalue weighted by Gasteiger charge is -2.09. The van der Waals surface area contributed by atoms with E-state index in [0.717, 1.165) is 18.6 Å². The highest BCUT2D eigenvalue weighted by molar-refractivity contribution is 6.32. The van der Waals surface area contributed by atoms with Gasteiger partial charge in [0.25, 0.3) is 0 Å². The van der Waals surface area contributed by atoms with Crippen LogP contribution in [0.15, 0.2) is 12.1 Å². The summed E-state index contributed by atoms with van der Waals surface area (Å²) in [6, 6.07) is 1.91. The zero-order valence-electron chi connectivity index (χ0n) is 9.57. The van der Waals surface area contributed by atoms with Crippen molar-refractivity contribution in [2.24, 2.45) is 5.92 Å². The quantitative estimate of drug-likeness (QED) is 0.598. The molecule has 4 nitrogen and oxygen atoms in total. The summed E-state index contributed by atoms with van der Waals surface area (Å²) in [6.07, 6.45) is 0.793. The van der Waals surface area contributed by atoms with Crippen molar-refractivity contribution in [1.82, 2.24) is 0 Å². The number of halogens is 2. The minimum Gasteiger partial charge on any atom is -0.492 e. The van der Waals surface area contributed by atoms with Crippen molar-refractivity contribution in [3.8, 4) is 5.75 Å². The summed E-state index contributed by atoms with van der Waals surface area (Å²) in [5.74, 6) is -0.374. The molecule has 0 aliphatic carbocycles. The van der Waals surface area contributed by atoms with Gasteiger partial charge in [0.05, 0.1) is 22.6 Å². The Balaban J connectivity index is 2.84. The van der Waals surface area contributed by atoms with E-state index in [0.29, 0.717) is 12.5 Å². The Kier molecular flexibility index (Phi) is 4.69. The normalized spacial score (nSPS) is 10.6. The first-order valence-corrected chi connectivity index (χ1v) is 5.56. The lowest BCUT2D eigenvalue weighted by molar-refractivity contribution is -0.387. The van der Waals surface area contributed by atoms with E-state index in [1.165, 1.54) is 0 Å². The molecule has 0 aliphatic heterocycles. The molecule has 0 spiro atoms. The molecule has 0 heterocycles. The van der Waals surface area contributed by atoms with Gasteiger partial charge in [0.15, 0.2) is 0 Å². The van der Waals surface area contributed by atoms with Crippen molar-refractivity contribution in [2.75, 3.05) is 6.61 Å². The van der Waals surface area contributed by atoms with E-state index >= 15 is 0 Å². The van der Waals surface area contributed by atoms with Gasteiger partial charge in [-0.05, 0) is 12.3 Å². The van der Waals surface area contributed by atoms with Crippen LogP contribution in [0, 0.1) is 21.8 Å². The highest BCUT2D eigenvalue weighted by atomic mass is 35.5. The van der Waals surface area contributed by atoms with Gasteiger partial charge in [-0.25, -0.2) is 0 Å². The molecule has 1 rings (SSSR count). The zero-order valence-corrected chi connectivity index (χ0v) is 10.3. The van der Waals surface area contributed by atoms with Crippen molar-refractivity contribution in [2.45, 2.75) is 20.3 Å². The van der Waals surface area contributed by atoms with Crippen molar-refractivity contribution in [1.29, 1.82) is 0 Å². The molecule has 0 saturated carbocycles. The Bertz CT molecular complexity index is 423. The molecule has 94 valence electrons. The maximum absolute atomic E-state index is 13.1. The van der Waals surface area contributed by atoms with Gasteiger partial charge in [-0.2, -0.15) is 4.39 Å². The summed E-state index contributed by atoms with van der Waals surface area (Å²) in [6.45, 7) is 4.44. The average Bonchev–Trinajstić information content (AvgIpc) is 2.20. The van der Waals surface area contributed by atoms with Crippen LogP contribution in [-0.2, 0) is 0 Å². The molecule has 0 aliphatic rings. The van der Waals surface area contributed by atoms with Crippen LogP contribution in [0.25, 0.3) is 0 Å². The Morgan fingerprint density at radius 2 is 2.18 bits per heavy atom. The van der Waals surface area contributed by atoms with E-state index < -0.39 is 16.4 Å². The predicted molar refractivity (Wildman–Crippen MR) is 63.0 cm³/mol. The average molecular weight is 262 g/mol. The third kappa shape index (κ3) is 3.85. The third-order valence-electron chi connectivity index (χ3n) is 2.15. The smallest absolute Gasteiger partial charge is 0.308 e. The first-order valence-electron chi connectivity index (χ1n) is 5.18. The predicted octanol–water partition coefficient (Wildman–Crippen LogP) is 3.81. The summed E-state index contributed by atoms with van der Waals surface area (Å²) in [5.41, 5.74) is -0.631. The molecule has 0 atom stereocenters. The number of nitrogens with zero attached hydrogens (tertiary/aromatic N) is 1. The van der Waals surface area contributed by atoms with Crippen LogP contribution >= 0.6 is 11.6 Å². The zero-order chi connectivity index (χ0) is 13.0. The van der Waals surface area contributed by atoms with E-state index in [1.807, 2.05) is 13.8 Å². The van der Waals surface area contributed by atoms with Gasteiger partial charge in [-0.1, -0.05) is 25.4 Å². The molecule has 6 heteroatoms. The topological polar surface area (TPSA) is 52.4 Å². The Morgan fingerprint density at radius 1 is 1.53 bits per heavy atom. The molecule has 17 heavy (non-hydrogen) atoms. The number of nitro groups is 1. The van der Waals surface area contributed by atoms with Crippen molar-refractivity contribution < 1.29 is 14.1 Å². The summed E-state index contributed by atoms with van der Waals surface area (Å²) in [7, 11) is 0. The summed E-state index contributed by atoms with van der Waals surface area (Å²) < 4.78 is 18.4. The monoisotopic (exact) mass is 261 g/mol. The van der Waals surface area contributed by atoms with Crippen molar-refractivity contribution in [3.63, 3.8) is 0 Å². The SMILES string of the molecule is CC(C)CCOc1cc([N+](=O)[O-])c(F)cc1Cl. The summed E-state index contributed by atoms with van der Waals surface area (Å²) in [4.78, 5) is 9.73. The second-order valence-corrected chi connectivity index (χ2v) is 4.43. The molecular formula is C11H13ClFNO3. The number of benzene rings is 1. The van der Waals surface area contributed by atoms with Crippen molar-refractivity contribution in [3.05, 3.63) is 33.1 Å². The van der Waals surface area contributed by atoms with Crippen LogP contribution in [0.4, 0.5) is 10.1 Å². The maximum atomic E-state index is 13.1. The molecular weight excluding hydrogens is 249 g/mol. The van der Waals surface area contributed by atoms with Gasteiger partial charge >= 0.3 is 5.69 Å². The second-order valence-electron chi connectivity index (χ2n) is 4.02. The molecule has 0 unspecified atom stereocenters. The Hall–Kier alpha value is -1.36. The van der Waals surface area contributed by atoms with Gasteiger partial charge in [-0.15, -0.1) is 0 Å². The number of rotatable bonds is 5. The fraction of sp³-hybridized carbons (Fsp3) is 0.455. The molecule has 0 saturated heterocycles. The van der Waals surface area contributed by atoms with Crippen LogP contribution in [0.3, 0.4) is 0 Å². The van der Waals surface area contributed by atoms with Crippen LogP contribution in [0.2, 0.25) is 5.02 Å². The minimum absolute atomic E-state index is 0.0388. The molecule has 1 aromatic rings. The fourth-order valence-electron chi connectivity index (χ4n) is 1.17. The Morgan fingerprint density at radius 3 is 2.71 bits per heavy atom. The molecule has 0 amide bonds. The van der Waals surface area contributed by atoms with Crippen LogP contribution in [0.5, 0.6) is 5.75 Å². The number of nitro benzene ring substituents is 1. The molecule has 0 fully saturated rings. The lowest BCUT2D eigenvalue weighted by atomic mass is 10.1. The van der Waals surface area contributed by atoms with E-state index in [-0.39, 0.29) is 10.8 Å². The number of hydrogen-bond acceptors (Lipinski definition) is 3. The standard InChI is InChI=1S/C11H13ClFNO3/c1-7(2)3-4-17-11-6-10(14(15)16)9(13)5-8(11)12/h5-7H,3-4H2,1-2H3. The van der Waals surface area contributed by atoms with Crippen LogP contribution < -0.4 is 4.74 Å². The van der Waals surface area contributed by atoms with E-state index in [1.54, 1.807) is 0 Å². The summed E-state index contributed by atoms with van der Waals surface area (Å²) >= 11 is 5.73. The van der Waals surface area contributed by atoms with Gasteiger partial charge in [-0.3, -0.25) is 10.1 Å². The lowest BCUT2D eigenvalue weighted by Crippen LogP contribution is -2.03. The van der Waals surface area contributed by atoms with Crippen LogP contribution in [0.1, 0.15) is 20.3 Å². The number of hydrogen-bond donors (Lipinski definition) is 0. The first kappa shape index (κ1) is 13.7. The van der Waals surface area contributed by atoms with Crippen molar-refractivity contribution >= 4 is 17.3 Å². The third-order valence-corrected chi connectivity index (χ3v) is 2.45. The van der Waals surface area contributed by atoms with Crippen LogP contribution in [-0.4, -0.2) is 11.5 Å². The molecule has 0 radical (unpaired) electrons. The van der Waals surface area contributed by atoms with E-state index in [2.05, 4.69) is 0 Å². The molecule has 0 bridgehead atoms. The second kappa shape index (κ2) is 5.82. The maximum Gasteiger partial charge on any atom is 0.308 e. The molecule has 1 aromatic carbocycles. The highest BCUT2D eigenvalue weighted by Crippen LogP contribution is 2.31. The van der Waals surface area contributed by atoms with Gasteiger partial charge < -0.3 is 4.74 Å². The molecule has 0 N–H and O–H groups in total. The first-order chi connectivity index (χ1) is 7.91. The largest absolute Gasteiger partial charge is 0.492 e. The summed E-state index contributed by atoms with van der Waals surface area (Å²) in [5, 5.41) is 10.6. The fourth-order valence-corrected chi connectivity index (χ4v) is 1.38. The van der Waals surface area contributed by atoms with E-state index in [4.69, 9.17) is 16.3 Å². The van der Waals surface area contributed by atoms with Gasteiger partial charge in [0.1, 0.15) is 5.75 Å². The van der Waals surface area contributed by atoms with Gasteiger partial charge in [0, 0.05) is 6.07 Å². The minimum atomic E-state index is -0.962.